The molecule has 1 saturated heterocycles. The Morgan fingerprint density at radius 1 is 1.23 bits per heavy atom. The first-order valence-corrected chi connectivity index (χ1v) is 9.98. The van der Waals surface area contributed by atoms with Gasteiger partial charge in [-0.15, -0.1) is 11.3 Å². The minimum Gasteiger partial charge on any atom is -0.466 e. The standard InChI is InChI=1S/C20H21N3O2S/c1-14(24)22-10-8-20(9-11-22)23-17(15-5-2-3-6-18(15)25-20)13-16(21-23)19-7-4-12-26-19/h2-7,12,17H,8-11,13H2,1H3. The van der Waals surface area contributed by atoms with Crippen molar-refractivity contribution in [2.24, 2.45) is 5.10 Å². The number of hydrogen-bond acceptors (Lipinski definition) is 5. The molecule has 26 heavy (non-hydrogen) atoms. The van der Waals surface area contributed by atoms with Crippen molar-refractivity contribution in [3.8, 4) is 5.75 Å². The number of carbonyl (C=O) groups is 1. The van der Waals surface area contributed by atoms with Gasteiger partial charge in [0.15, 0.2) is 0 Å². The lowest BCUT2D eigenvalue weighted by atomic mass is 9.91. The second-order valence-corrected chi connectivity index (χ2v) is 8.13. The van der Waals surface area contributed by atoms with Crippen LogP contribution in [-0.2, 0) is 4.79 Å². The first-order chi connectivity index (χ1) is 12.7. The van der Waals surface area contributed by atoms with Gasteiger partial charge in [-0.05, 0) is 17.5 Å². The summed E-state index contributed by atoms with van der Waals surface area (Å²) < 4.78 is 6.55. The van der Waals surface area contributed by atoms with Crippen LogP contribution in [0.5, 0.6) is 5.75 Å². The summed E-state index contributed by atoms with van der Waals surface area (Å²) in [7, 11) is 0. The Morgan fingerprint density at radius 2 is 2.04 bits per heavy atom. The molecule has 0 bridgehead atoms. The predicted octanol–water partition coefficient (Wildman–Crippen LogP) is 3.63. The molecule has 1 spiro atoms. The molecule has 6 heteroatoms. The van der Waals surface area contributed by atoms with Gasteiger partial charge in [0.1, 0.15) is 5.75 Å². The van der Waals surface area contributed by atoms with Crippen molar-refractivity contribution in [3.63, 3.8) is 0 Å². The molecule has 1 atom stereocenters. The Hall–Kier alpha value is -2.34. The number of likely N-dealkylation sites (tertiary alicyclic amines) is 1. The highest BCUT2D eigenvalue weighted by Crippen LogP contribution is 2.50. The van der Waals surface area contributed by atoms with Gasteiger partial charge in [-0.1, -0.05) is 24.3 Å². The van der Waals surface area contributed by atoms with Crippen LogP contribution < -0.4 is 4.74 Å². The maximum atomic E-state index is 11.7. The molecule has 1 unspecified atom stereocenters. The van der Waals surface area contributed by atoms with Crippen LogP contribution in [0.15, 0.2) is 46.9 Å². The number of rotatable bonds is 1. The number of fused-ring (bicyclic) bond motifs is 4. The molecule has 5 rings (SSSR count). The van der Waals surface area contributed by atoms with Gasteiger partial charge in [0.05, 0.1) is 16.6 Å². The maximum Gasteiger partial charge on any atom is 0.219 e. The van der Waals surface area contributed by atoms with Crippen LogP contribution in [0.2, 0.25) is 0 Å². The van der Waals surface area contributed by atoms with E-state index in [0.29, 0.717) is 13.1 Å². The van der Waals surface area contributed by atoms with Crippen molar-refractivity contribution in [1.29, 1.82) is 0 Å². The fraction of sp³-hybridized carbons (Fsp3) is 0.400. The predicted molar refractivity (Wildman–Crippen MR) is 101 cm³/mol. The highest BCUT2D eigenvalue weighted by molar-refractivity contribution is 7.12. The lowest BCUT2D eigenvalue weighted by Crippen LogP contribution is -2.59. The van der Waals surface area contributed by atoms with Crippen molar-refractivity contribution in [2.75, 3.05) is 13.1 Å². The summed E-state index contributed by atoms with van der Waals surface area (Å²) in [6.07, 6.45) is 2.45. The third kappa shape index (κ3) is 2.35. The van der Waals surface area contributed by atoms with E-state index in [-0.39, 0.29) is 11.9 Å². The molecule has 1 amide bonds. The summed E-state index contributed by atoms with van der Waals surface area (Å²) in [6, 6.07) is 12.7. The molecule has 0 N–H and O–H groups in total. The van der Waals surface area contributed by atoms with E-state index in [1.165, 1.54) is 10.4 Å². The fourth-order valence-corrected chi connectivity index (χ4v) is 5.04. The lowest BCUT2D eigenvalue weighted by Gasteiger charge is -2.51. The highest BCUT2D eigenvalue weighted by atomic mass is 32.1. The van der Waals surface area contributed by atoms with E-state index in [2.05, 4.69) is 40.7 Å². The first kappa shape index (κ1) is 15.9. The van der Waals surface area contributed by atoms with Crippen LogP contribution in [0.4, 0.5) is 0 Å². The summed E-state index contributed by atoms with van der Waals surface area (Å²) in [5, 5.41) is 9.32. The SMILES string of the molecule is CC(=O)N1CCC2(CC1)Oc1ccccc1C1CC(c3cccs3)=NN12. The van der Waals surface area contributed by atoms with E-state index in [1.54, 1.807) is 18.3 Å². The zero-order valence-corrected chi connectivity index (χ0v) is 15.5. The zero-order valence-electron chi connectivity index (χ0n) is 14.7. The number of nitrogens with zero attached hydrogens (tertiary/aromatic N) is 3. The van der Waals surface area contributed by atoms with Crippen LogP contribution in [0.3, 0.4) is 0 Å². The van der Waals surface area contributed by atoms with E-state index in [0.717, 1.165) is 30.7 Å². The molecule has 3 aliphatic heterocycles. The normalized spacial score (nSPS) is 23.3. The quantitative estimate of drug-likeness (QED) is 0.773. The third-order valence-corrected chi connectivity index (χ3v) is 6.62. The monoisotopic (exact) mass is 367 g/mol. The van der Waals surface area contributed by atoms with Crippen LogP contribution in [0.25, 0.3) is 0 Å². The van der Waals surface area contributed by atoms with Gasteiger partial charge in [-0.25, -0.2) is 5.01 Å². The molecule has 4 heterocycles. The van der Waals surface area contributed by atoms with Crippen molar-refractivity contribution >= 4 is 23.0 Å². The van der Waals surface area contributed by atoms with Gasteiger partial charge in [0, 0.05) is 44.8 Å². The van der Waals surface area contributed by atoms with Crippen LogP contribution in [-0.4, -0.2) is 40.3 Å². The van der Waals surface area contributed by atoms with Crippen molar-refractivity contribution in [1.82, 2.24) is 9.91 Å². The summed E-state index contributed by atoms with van der Waals surface area (Å²) in [6.45, 7) is 3.07. The van der Waals surface area contributed by atoms with Crippen LogP contribution in [0, 0.1) is 0 Å². The number of amides is 1. The number of hydrogen-bond donors (Lipinski definition) is 0. The fourth-order valence-electron chi connectivity index (χ4n) is 4.32. The number of benzene rings is 1. The maximum absolute atomic E-state index is 11.7. The van der Waals surface area contributed by atoms with Crippen molar-refractivity contribution in [2.45, 2.75) is 38.0 Å². The Balaban J connectivity index is 1.54. The largest absolute Gasteiger partial charge is 0.466 e. The second-order valence-electron chi connectivity index (χ2n) is 7.18. The molecule has 1 aromatic carbocycles. The van der Waals surface area contributed by atoms with Gasteiger partial charge < -0.3 is 9.64 Å². The molecule has 0 radical (unpaired) electrons. The van der Waals surface area contributed by atoms with Gasteiger partial charge in [0.2, 0.25) is 11.6 Å². The molecule has 1 fully saturated rings. The summed E-state index contributed by atoms with van der Waals surface area (Å²) >= 11 is 1.74. The topological polar surface area (TPSA) is 45.1 Å². The van der Waals surface area contributed by atoms with E-state index in [9.17, 15) is 4.79 Å². The van der Waals surface area contributed by atoms with Crippen molar-refractivity contribution < 1.29 is 9.53 Å². The zero-order chi connectivity index (χ0) is 17.7. The summed E-state index contributed by atoms with van der Waals surface area (Å²) in [5.41, 5.74) is 1.89. The molecular weight excluding hydrogens is 346 g/mol. The van der Waals surface area contributed by atoms with Gasteiger partial charge >= 0.3 is 0 Å². The number of thiophene rings is 1. The molecule has 5 nitrogen and oxygen atoms in total. The number of hydrazone groups is 1. The Bertz CT molecular complexity index is 869. The Kier molecular flexibility index (Phi) is 3.57. The van der Waals surface area contributed by atoms with E-state index in [1.807, 2.05) is 11.0 Å². The highest BCUT2D eigenvalue weighted by Gasteiger charge is 2.52. The molecular formula is C20H21N3O2S. The number of piperidine rings is 1. The number of para-hydroxylation sites is 1. The number of ether oxygens (including phenoxy) is 1. The molecule has 3 aliphatic rings. The van der Waals surface area contributed by atoms with Crippen LogP contribution >= 0.6 is 11.3 Å². The molecule has 0 aliphatic carbocycles. The molecule has 0 saturated carbocycles. The van der Waals surface area contributed by atoms with E-state index >= 15 is 0 Å². The average molecular weight is 367 g/mol. The third-order valence-electron chi connectivity index (χ3n) is 5.70. The minimum absolute atomic E-state index is 0.136. The number of carbonyl (C=O) groups excluding carboxylic acids is 1. The van der Waals surface area contributed by atoms with Gasteiger partial charge in [-0.3, -0.25) is 4.79 Å². The van der Waals surface area contributed by atoms with Gasteiger partial charge in [-0.2, -0.15) is 5.10 Å². The summed E-state index contributed by atoms with van der Waals surface area (Å²) in [4.78, 5) is 14.9. The molecule has 1 aromatic heterocycles. The second kappa shape index (κ2) is 5.84. The first-order valence-electron chi connectivity index (χ1n) is 9.10. The lowest BCUT2D eigenvalue weighted by molar-refractivity contribution is -0.158. The molecule has 134 valence electrons. The molecule has 2 aromatic rings. The van der Waals surface area contributed by atoms with Crippen LogP contribution in [0.1, 0.15) is 42.7 Å². The average Bonchev–Trinajstić information content (AvgIpc) is 3.32. The minimum atomic E-state index is -0.454. The summed E-state index contributed by atoms with van der Waals surface area (Å²) in [5.74, 6) is 1.10. The van der Waals surface area contributed by atoms with E-state index < -0.39 is 5.72 Å². The Morgan fingerprint density at radius 3 is 2.77 bits per heavy atom. The van der Waals surface area contributed by atoms with Gasteiger partial charge in [0.25, 0.3) is 0 Å². The smallest absolute Gasteiger partial charge is 0.219 e. The van der Waals surface area contributed by atoms with E-state index in [4.69, 9.17) is 9.84 Å². The van der Waals surface area contributed by atoms with Crippen molar-refractivity contribution in [3.05, 3.63) is 52.2 Å². The Labute approximate surface area is 156 Å².